The van der Waals surface area contributed by atoms with Crippen LogP contribution in [0.3, 0.4) is 0 Å². The Labute approximate surface area is 192 Å². The Morgan fingerprint density at radius 1 is 1.06 bits per heavy atom. The highest BCUT2D eigenvalue weighted by Crippen LogP contribution is 2.39. The van der Waals surface area contributed by atoms with Gasteiger partial charge < -0.3 is 19.9 Å². The van der Waals surface area contributed by atoms with Crippen molar-refractivity contribution in [1.29, 1.82) is 0 Å². The first-order valence-electron chi connectivity index (χ1n) is 10.1. The van der Waals surface area contributed by atoms with Crippen LogP contribution in [0.15, 0.2) is 48.5 Å². The van der Waals surface area contributed by atoms with E-state index in [0.717, 1.165) is 12.0 Å². The minimum Gasteiger partial charge on any atom is -0.507 e. The van der Waals surface area contributed by atoms with Crippen LogP contribution in [0.1, 0.15) is 20.3 Å². The zero-order valence-corrected chi connectivity index (χ0v) is 19.3. The summed E-state index contributed by atoms with van der Waals surface area (Å²) in [5.41, 5.74) is 2.69. The molecule has 0 saturated carbocycles. The lowest BCUT2D eigenvalue weighted by molar-refractivity contribution is 0.0787. The van der Waals surface area contributed by atoms with Crippen LogP contribution in [0.5, 0.6) is 11.5 Å². The fourth-order valence-corrected chi connectivity index (χ4v) is 3.76. The molecule has 31 heavy (non-hydrogen) atoms. The Hall–Kier alpha value is -2.47. The number of methoxy groups -OCH3 is 1. The van der Waals surface area contributed by atoms with Crippen LogP contribution in [0.4, 0.5) is 5.82 Å². The van der Waals surface area contributed by atoms with Gasteiger partial charge >= 0.3 is 0 Å². The zero-order valence-electron chi connectivity index (χ0n) is 17.8. The molecule has 0 unspecified atom stereocenters. The Balaban J connectivity index is 1.98. The van der Waals surface area contributed by atoms with E-state index in [4.69, 9.17) is 37.7 Å². The number of halogens is 2. The molecule has 0 atom stereocenters. The molecule has 5 nitrogen and oxygen atoms in total. The third-order valence-electron chi connectivity index (χ3n) is 4.64. The van der Waals surface area contributed by atoms with Crippen molar-refractivity contribution in [1.82, 2.24) is 4.98 Å². The lowest BCUT2D eigenvalue weighted by Crippen LogP contribution is -2.10. The summed E-state index contributed by atoms with van der Waals surface area (Å²) >= 11 is 12.9. The number of benzene rings is 2. The van der Waals surface area contributed by atoms with Crippen molar-refractivity contribution in [3.63, 3.8) is 0 Å². The van der Waals surface area contributed by atoms with Gasteiger partial charge in [-0.15, -0.1) is 0 Å². The molecule has 2 N–H and O–H groups in total. The first-order chi connectivity index (χ1) is 14.9. The van der Waals surface area contributed by atoms with Crippen molar-refractivity contribution in [2.75, 3.05) is 25.6 Å². The van der Waals surface area contributed by atoms with Gasteiger partial charge in [0.2, 0.25) is 0 Å². The quantitative estimate of drug-likeness (QED) is 0.349. The predicted octanol–water partition coefficient (Wildman–Crippen LogP) is 6.66. The van der Waals surface area contributed by atoms with Crippen LogP contribution in [0.25, 0.3) is 22.4 Å². The first kappa shape index (κ1) is 23.2. The highest BCUT2D eigenvalue weighted by atomic mass is 35.5. The molecular weight excluding hydrogens is 435 g/mol. The van der Waals surface area contributed by atoms with Gasteiger partial charge in [0.05, 0.1) is 18.9 Å². The Bertz CT molecular complexity index is 1020. The van der Waals surface area contributed by atoms with Gasteiger partial charge in [0.15, 0.2) is 0 Å². The molecule has 164 valence electrons. The Morgan fingerprint density at radius 2 is 1.81 bits per heavy atom. The number of phenolic OH excluding ortho intramolecular Hbond substituents is 1. The number of phenols is 1. The average Bonchev–Trinajstić information content (AvgIpc) is 2.73. The molecule has 0 bridgehead atoms. The molecule has 2 aromatic carbocycles. The van der Waals surface area contributed by atoms with Crippen LogP contribution in [0.2, 0.25) is 10.0 Å². The Morgan fingerprint density at radius 3 is 2.45 bits per heavy atom. The molecule has 1 aromatic heterocycles. The number of nitrogens with zero attached hydrogens (tertiary/aromatic N) is 1. The number of aromatic hydroxyl groups is 1. The molecule has 1 heterocycles. The maximum absolute atomic E-state index is 10.5. The first-order valence-corrected chi connectivity index (χ1v) is 10.8. The molecule has 0 aliphatic rings. The van der Waals surface area contributed by atoms with Gasteiger partial charge in [-0.1, -0.05) is 29.3 Å². The zero-order chi connectivity index (χ0) is 22.4. The van der Waals surface area contributed by atoms with Crippen molar-refractivity contribution in [2.45, 2.75) is 26.4 Å². The maximum atomic E-state index is 10.5. The number of anilines is 1. The standard InChI is InChI=1S/C24H26Cl2N2O3/c1-15(2)31-11-5-10-27-23-13-16(24-19(25)6-4-7-20(24)26)12-21(28-23)18-9-8-17(30-3)14-22(18)29/h4,6-9,12-15,29H,5,10-11H2,1-3H3,(H,27,28). The van der Waals surface area contributed by atoms with E-state index in [0.29, 0.717) is 51.6 Å². The van der Waals surface area contributed by atoms with Gasteiger partial charge in [0.1, 0.15) is 17.3 Å². The summed E-state index contributed by atoms with van der Waals surface area (Å²) in [6, 6.07) is 14.3. The normalized spacial score (nSPS) is 11.0. The molecule has 3 rings (SSSR count). The van der Waals surface area contributed by atoms with Crippen molar-refractivity contribution in [3.05, 3.63) is 58.6 Å². The van der Waals surface area contributed by atoms with Crippen molar-refractivity contribution in [3.8, 4) is 33.9 Å². The number of aromatic nitrogens is 1. The number of pyridine rings is 1. The summed E-state index contributed by atoms with van der Waals surface area (Å²) in [6.45, 7) is 5.37. The van der Waals surface area contributed by atoms with Gasteiger partial charge in [-0.05, 0) is 62.2 Å². The van der Waals surface area contributed by atoms with Crippen molar-refractivity contribution < 1.29 is 14.6 Å². The lowest BCUT2D eigenvalue weighted by Gasteiger charge is -2.14. The third-order valence-corrected chi connectivity index (χ3v) is 5.27. The third kappa shape index (κ3) is 6.03. The second-order valence-electron chi connectivity index (χ2n) is 7.31. The molecule has 3 aromatic rings. The van der Waals surface area contributed by atoms with E-state index >= 15 is 0 Å². The summed E-state index contributed by atoms with van der Waals surface area (Å²) in [5.74, 6) is 1.30. The van der Waals surface area contributed by atoms with E-state index in [1.165, 1.54) is 0 Å². The average molecular weight is 461 g/mol. The smallest absolute Gasteiger partial charge is 0.128 e. The second-order valence-corrected chi connectivity index (χ2v) is 8.12. The molecule has 0 saturated heterocycles. The summed E-state index contributed by atoms with van der Waals surface area (Å²) < 4.78 is 10.8. The fourth-order valence-electron chi connectivity index (χ4n) is 3.14. The number of nitrogens with one attached hydrogen (secondary N) is 1. The summed E-state index contributed by atoms with van der Waals surface area (Å²) in [6.07, 6.45) is 1.04. The van der Waals surface area contributed by atoms with Crippen LogP contribution < -0.4 is 10.1 Å². The second kappa shape index (κ2) is 10.7. The molecule has 0 aliphatic heterocycles. The fraction of sp³-hybridized carbons (Fsp3) is 0.292. The van der Waals surface area contributed by atoms with Gasteiger partial charge in [-0.2, -0.15) is 0 Å². The van der Waals surface area contributed by atoms with Crippen LogP contribution >= 0.6 is 23.2 Å². The van der Waals surface area contributed by atoms with E-state index in [9.17, 15) is 5.11 Å². The van der Waals surface area contributed by atoms with Crippen LogP contribution in [0, 0.1) is 0 Å². The van der Waals surface area contributed by atoms with Gasteiger partial charge in [-0.3, -0.25) is 0 Å². The molecule has 7 heteroatoms. The lowest BCUT2D eigenvalue weighted by atomic mass is 10.0. The van der Waals surface area contributed by atoms with Crippen molar-refractivity contribution in [2.24, 2.45) is 0 Å². The summed E-state index contributed by atoms with van der Waals surface area (Å²) in [5, 5.41) is 14.9. The summed E-state index contributed by atoms with van der Waals surface area (Å²) in [7, 11) is 1.55. The highest BCUT2D eigenvalue weighted by Gasteiger charge is 2.15. The van der Waals surface area contributed by atoms with E-state index in [1.807, 2.05) is 26.0 Å². The maximum Gasteiger partial charge on any atom is 0.128 e. The Kier molecular flexibility index (Phi) is 8.02. The minimum absolute atomic E-state index is 0.0746. The molecule has 0 radical (unpaired) electrons. The SMILES string of the molecule is COc1ccc(-c2cc(-c3c(Cl)cccc3Cl)cc(NCCCOC(C)C)n2)c(O)c1. The minimum atomic E-state index is 0.0746. The van der Waals surface area contributed by atoms with Crippen LogP contribution in [-0.2, 0) is 4.74 Å². The molecule has 0 fully saturated rings. The topological polar surface area (TPSA) is 63.6 Å². The van der Waals surface area contributed by atoms with E-state index in [2.05, 4.69) is 5.32 Å². The molecule has 0 aliphatic carbocycles. The molecule has 0 spiro atoms. The number of rotatable bonds is 9. The van der Waals surface area contributed by atoms with Gasteiger partial charge in [0, 0.05) is 40.4 Å². The largest absolute Gasteiger partial charge is 0.507 e. The van der Waals surface area contributed by atoms with Gasteiger partial charge in [0.25, 0.3) is 0 Å². The van der Waals surface area contributed by atoms with E-state index in [-0.39, 0.29) is 11.9 Å². The highest BCUT2D eigenvalue weighted by molar-refractivity contribution is 6.39. The number of hydrogen-bond acceptors (Lipinski definition) is 5. The van der Waals surface area contributed by atoms with Crippen LogP contribution in [-0.4, -0.2) is 36.5 Å². The summed E-state index contributed by atoms with van der Waals surface area (Å²) in [4.78, 5) is 4.70. The monoisotopic (exact) mass is 460 g/mol. The van der Waals surface area contributed by atoms with E-state index in [1.54, 1.807) is 43.5 Å². The molecule has 0 amide bonds. The number of ether oxygens (including phenoxy) is 2. The number of hydrogen-bond donors (Lipinski definition) is 2. The van der Waals surface area contributed by atoms with Gasteiger partial charge in [-0.25, -0.2) is 4.98 Å². The van der Waals surface area contributed by atoms with E-state index < -0.39 is 0 Å². The molecular formula is C24H26Cl2N2O3. The van der Waals surface area contributed by atoms with Crippen molar-refractivity contribution >= 4 is 29.0 Å². The predicted molar refractivity (Wildman–Crippen MR) is 128 cm³/mol.